The Bertz CT molecular complexity index is 220. The van der Waals surface area contributed by atoms with Crippen LogP contribution in [0, 0.1) is 0 Å². The predicted molar refractivity (Wildman–Crippen MR) is 35.8 cm³/mol. The van der Waals surface area contributed by atoms with Crippen LogP contribution in [0.2, 0.25) is 0 Å². The molecule has 0 spiro atoms. The van der Waals surface area contributed by atoms with E-state index < -0.39 is 12.1 Å². The van der Waals surface area contributed by atoms with E-state index in [2.05, 4.69) is 0 Å². The summed E-state index contributed by atoms with van der Waals surface area (Å²) in [5.74, 6) is -1.43. The van der Waals surface area contributed by atoms with Crippen LogP contribution in [0.3, 0.4) is 0 Å². The van der Waals surface area contributed by atoms with Crippen LogP contribution in [0.5, 0.6) is 0 Å². The number of rotatable bonds is 2. The van der Waals surface area contributed by atoms with Crippen LogP contribution in [0.25, 0.3) is 0 Å². The molecule has 0 saturated carbocycles. The van der Waals surface area contributed by atoms with E-state index in [-0.39, 0.29) is 5.56 Å². The Morgan fingerprint density at radius 3 is 2.90 bits per heavy atom. The monoisotopic (exact) mass is 160 g/mol. The fourth-order valence-corrected chi connectivity index (χ4v) is 1.23. The van der Waals surface area contributed by atoms with Crippen molar-refractivity contribution >= 4 is 17.3 Å². The van der Waals surface area contributed by atoms with Crippen molar-refractivity contribution in [2.45, 2.75) is 6.17 Å². The number of halogens is 1. The minimum absolute atomic E-state index is 0.220. The molecule has 0 radical (unpaired) electrons. The van der Waals surface area contributed by atoms with Crippen LogP contribution in [0.4, 0.5) is 4.39 Å². The van der Waals surface area contributed by atoms with E-state index in [4.69, 9.17) is 5.11 Å². The van der Waals surface area contributed by atoms with Gasteiger partial charge in [0.1, 0.15) is 0 Å². The molecule has 0 amide bonds. The summed E-state index contributed by atoms with van der Waals surface area (Å²) >= 11 is 1.28. The molecule has 10 heavy (non-hydrogen) atoms. The molecule has 0 bridgehead atoms. The number of alkyl halides is 1. The van der Waals surface area contributed by atoms with Gasteiger partial charge in [0.05, 0.1) is 0 Å². The molecular formula is C6H5FO2S. The van der Waals surface area contributed by atoms with Crippen molar-refractivity contribution < 1.29 is 14.3 Å². The van der Waals surface area contributed by atoms with E-state index in [0.29, 0.717) is 0 Å². The van der Waals surface area contributed by atoms with Gasteiger partial charge in [0.15, 0.2) is 0 Å². The van der Waals surface area contributed by atoms with Crippen molar-refractivity contribution in [1.29, 1.82) is 0 Å². The summed E-state index contributed by atoms with van der Waals surface area (Å²) in [5.41, 5.74) is 0.220. The number of carbonyl (C=O) groups is 1. The Labute approximate surface area is 60.9 Å². The Hall–Kier alpha value is -0.900. The lowest BCUT2D eigenvalue weighted by atomic mass is 10.2. The van der Waals surface area contributed by atoms with Gasteiger partial charge in [-0.15, -0.1) is 0 Å². The molecule has 0 aliphatic carbocycles. The van der Waals surface area contributed by atoms with Crippen molar-refractivity contribution in [2.75, 3.05) is 0 Å². The van der Waals surface area contributed by atoms with Crippen molar-refractivity contribution in [3.05, 3.63) is 22.4 Å². The van der Waals surface area contributed by atoms with E-state index in [9.17, 15) is 9.18 Å². The number of carboxylic acid groups (broad SMARTS) is 1. The van der Waals surface area contributed by atoms with Gasteiger partial charge in [-0.2, -0.15) is 11.3 Å². The largest absolute Gasteiger partial charge is 0.479 e. The van der Waals surface area contributed by atoms with Crippen molar-refractivity contribution in [1.82, 2.24) is 0 Å². The molecule has 1 aromatic heterocycles. The lowest BCUT2D eigenvalue weighted by molar-refractivity contribution is -0.143. The normalized spacial score (nSPS) is 12.9. The third kappa shape index (κ3) is 1.33. The molecule has 1 atom stereocenters. The van der Waals surface area contributed by atoms with Crippen molar-refractivity contribution in [3.8, 4) is 0 Å². The molecule has 2 nitrogen and oxygen atoms in total. The van der Waals surface area contributed by atoms with Gasteiger partial charge in [-0.3, -0.25) is 0 Å². The van der Waals surface area contributed by atoms with Gasteiger partial charge in [0, 0.05) is 5.56 Å². The van der Waals surface area contributed by atoms with Gasteiger partial charge in [-0.1, -0.05) is 0 Å². The molecule has 1 heterocycles. The van der Waals surface area contributed by atoms with Crippen LogP contribution < -0.4 is 0 Å². The maximum absolute atomic E-state index is 12.5. The van der Waals surface area contributed by atoms with Crippen LogP contribution in [-0.4, -0.2) is 11.1 Å². The molecule has 0 aliphatic rings. The molecule has 4 heteroatoms. The summed E-state index contributed by atoms with van der Waals surface area (Å²) in [6, 6.07) is 1.46. The van der Waals surface area contributed by atoms with Gasteiger partial charge in [-0.05, 0) is 16.8 Å². The van der Waals surface area contributed by atoms with E-state index in [1.807, 2.05) is 0 Å². The molecule has 1 rings (SSSR count). The third-order valence-corrected chi connectivity index (χ3v) is 1.75. The quantitative estimate of drug-likeness (QED) is 0.716. The predicted octanol–water partition coefficient (Wildman–Crippen LogP) is 1.84. The minimum atomic E-state index is -1.87. The summed E-state index contributed by atoms with van der Waals surface area (Å²) in [6.07, 6.45) is -1.87. The number of hydrogen-bond donors (Lipinski definition) is 1. The first kappa shape index (κ1) is 7.21. The average molecular weight is 160 g/mol. The summed E-state index contributed by atoms with van der Waals surface area (Å²) in [6.45, 7) is 0. The molecular weight excluding hydrogens is 155 g/mol. The zero-order chi connectivity index (χ0) is 7.56. The Morgan fingerprint density at radius 1 is 1.80 bits per heavy atom. The Morgan fingerprint density at radius 2 is 2.50 bits per heavy atom. The number of carboxylic acids is 1. The third-order valence-electron chi connectivity index (χ3n) is 1.05. The molecule has 0 aromatic carbocycles. The fraction of sp³-hybridized carbons (Fsp3) is 0.167. The topological polar surface area (TPSA) is 37.3 Å². The molecule has 1 aromatic rings. The standard InChI is InChI=1S/C6H5FO2S/c7-5(6(8)9)4-1-2-10-3-4/h1-3,5H,(H,8,9). The van der Waals surface area contributed by atoms with Crippen LogP contribution in [-0.2, 0) is 4.79 Å². The minimum Gasteiger partial charge on any atom is -0.479 e. The highest BCUT2D eigenvalue weighted by Gasteiger charge is 2.17. The van der Waals surface area contributed by atoms with Crippen LogP contribution in [0.15, 0.2) is 16.8 Å². The lowest BCUT2D eigenvalue weighted by Gasteiger charge is -1.96. The zero-order valence-electron chi connectivity index (χ0n) is 4.95. The van der Waals surface area contributed by atoms with Crippen molar-refractivity contribution in [3.63, 3.8) is 0 Å². The number of hydrogen-bond acceptors (Lipinski definition) is 2. The second kappa shape index (κ2) is 2.79. The van der Waals surface area contributed by atoms with Crippen LogP contribution >= 0.6 is 11.3 Å². The maximum atomic E-state index is 12.5. The molecule has 0 fully saturated rings. The summed E-state index contributed by atoms with van der Waals surface area (Å²) < 4.78 is 12.5. The highest BCUT2D eigenvalue weighted by molar-refractivity contribution is 7.08. The van der Waals surface area contributed by atoms with Gasteiger partial charge in [-0.25, -0.2) is 9.18 Å². The Kier molecular flexibility index (Phi) is 2.01. The number of thiophene rings is 1. The smallest absolute Gasteiger partial charge is 0.343 e. The Balaban J connectivity index is 2.77. The number of aliphatic carboxylic acids is 1. The van der Waals surface area contributed by atoms with Gasteiger partial charge in [0.2, 0.25) is 6.17 Å². The molecule has 0 saturated heterocycles. The summed E-state index contributed by atoms with van der Waals surface area (Å²) in [7, 11) is 0. The van der Waals surface area contributed by atoms with Gasteiger partial charge < -0.3 is 5.11 Å². The van der Waals surface area contributed by atoms with E-state index >= 15 is 0 Å². The fourth-order valence-electron chi connectivity index (χ4n) is 0.562. The zero-order valence-corrected chi connectivity index (χ0v) is 5.77. The SMILES string of the molecule is O=C(O)C(F)c1ccsc1. The lowest BCUT2D eigenvalue weighted by Crippen LogP contribution is -2.04. The maximum Gasteiger partial charge on any atom is 0.343 e. The van der Waals surface area contributed by atoms with Crippen LogP contribution in [0.1, 0.15) is 11.7 Å². The average Bonchev–Trinajstić information content (AvgIpc) is 2.36. The second-order valence-corrected chi connectivity index (χ2v) is 2.54. The molecule has 54 valence electrons. The van der Waals surface area contributed by atoms with Gasteiger partial charge >= 0.3 is 5.97 Å². The van der Waals surface area contributed by atoms with Crippen molar-refractivity contribution in [2.24, 2.45) is 0 Å². The molecule has 0 aliphatic heterocycles. The van der Waals surface area contributed by atoms with E-state index in [1.165, 1.54) is 22.8 Å². The molecule has 1 unspecified atom stereocenters. The molecule has 1 N–H and O–H groups in total. The van der Waals surface area contributed by atoms with E-state index in [1.54, 1.807) is 5.38 Å². The highest BCUT2D eigenvalue weighted by atomic mass is 32.1. The first-order valence-electron chi connectivity index (χ1n) is 2.61. The van der Waals surface area contributed by atoms with E-state index in [0.717, 1.165) is 0 Å². The summed E-state index contributed by atoms with van der Waals surface area (Å²) in [4.78, 5) is 10.0. The van der Waals surface area contributed by atoms with Gasteiger partial charge in [0.25, 0.3) is 0 Å². The first-order valence-corrected chi connectivity index (χ1v) is 3.55. The highest BCUT2D eigenvalue weighted by Crippen LogP contribution is 2.19. The first-order chi connectivity index (χ1) is 4.72. The summed E-state index contributed by atoms with van der Waals surface area (Å²) in [5, 5.41) is 11.3. The second-order valence-electron chi connectivity index (χ2n) is 1.76.